The highest BCUT2D eigenvalue weighted by Gasteiger charge is 2.28. The summed E-state index contributed by atoms with van der Waals surface area (Å²) in [6, 6.07) is -0.767. The number of aliphatic hydroxyl groups is 1. The van der Waals surface area contributed by atoms with E-state index in [1.165, 1.54) is 238 Å². The number of allylic oxidation sites excluding steroid dienone is 12. The zero-order valence-electron chi connectivity index (χ0n) is 55.7. The van der Waals surface area contributed by atoms with Crippen molar-refractivity contribution in [2.45, 2.75) is 353 Å². The number of hydrogen-bond donors (Lipinski definition) is 3. The third-order valence-electron chi connectivity index (χ3n) is 16.2. The summed E-state index contributed by atoms with van der Waals surface area (Å²) in [7, 11) is 1.62. The fraction of sp³-hybridized carbons (Fsp3) is 0.824. The van der Waals surface area contributed by atoms with E-state index in [1.807, 2.05) is 21.1 Å². The van der Waals surface area contributed by atoms with E-state index >= 15 is 0 Å². The Morgan fingerprint density at radius 3 is 1.06 bits per heavy atom. The van der Waals surface area contributed by atoms with Gasteiger partial charge in [0.25, 0.3) is 0 Å². The van der Waals surface area contributed by atoms with Crippen LogP contribution in [0.2, 0.25) is 0 Å². The highest BCUT2D eigenvalue weighted by atomic mass is 31.2. The standard InChI is InChI=1S/C74H139N2O6P/c1-6-8-10-12-14-16-18-20-22-24-26-28-30-32-34-36-38-40-42-44-46-48-50-52-54-56-58-60-62-64-66-68-74(78)75-72(71-82-83(79,80)81-70-69-76(3,4)5)73(77)67-65-63-61-59-57-55-53-51-49-47-45-43-41-39-37-35-33-31-29-27-25-23-21-19-17-15-13-11-9-7-2/h8,10,14,16,20,22,26,28,32,34,38,40,72-73,77H,6-7,9,11-13,15,17-19,21,23-25,27,29-31,33,35-37,39,41-71H2,1-5H3,(H-,75,78,79,80)/p+1/b10-8-,16-14-,22-20-,28-26-,34-32-,40-38-. The molecular formula is C74H140N2O6P+. The Morgan fingerprint density at radius 1 is 0.422 bits per heavy atom. The normalized spacial score (nSPS) is 14.1. The van der Waals surface area contributed by atoms with Crippen LogP contribution >= 0.6 is 7.82 Å². The summed E-state index contributed by atoms with van der Waals surface area (Å²) in [5.41, 5.74) is 0. The van der Waals surface area contributed by atoms with Crippen molar-refractivity contribution in [2.75, 3.05) is 40.9 Å². The summed E-state index contributed by atoms with van der Waals surface area (Å²) >= 11 is 0. The number of rotatable bonds is 66. The molecule has 0 radical (unpaired) electrons. The largest absolute Gasteiger partial charge is 0.472 e. The minimum Gasteiger partial charge on any atom is -0.391 e. The van der Waals surface area contributed by atoms with Crippen molar-refractivity contribution in [3.05, 3.63) is 72.9 Å². The van der Waals surface area contributed by atoms with Gasteiger partial charge in [-0.25, -0.2) is 4.57 Å². The van der Waals surface area contributed by atoms with Crippen molar-refractivity contribution in [1.82, 2.24) is 5.32 Å². The quantitative estimate of drug-likeness (QED) is 0.0243. The number of likely N-dealkylation sites (N-methyl/N-ethyl adjacent to an activating group) is 1. The maximum Gasteiger partial charge on any atom is 0.472 e. The highest BCUT2D eigenvalue weighted by Crippen LogP contribution is 2.43. The van der Waals surface area contributed by atoms with Crippen LogP contribution in [0, 0.1) is 0 Å². The molecule has 3 unspecified atom stereocenters. The van der Waals surface area contributed by atoms with Gasteiger partial charge in [-0.05, 0) is 64.2 Å². The monoisotopic (exact) mass is 1180 g/mol. The predicted octanol–water partition coefficient (Wildman–Crippen LogP) is 22.9. The minimum absolute atomic E-state index is 0.0728. The fourth-order valence-electron chi connectivity index (χ4n) is 10.7. The lowest BCUT2D eigenvalue weighted by atomic mass is 10.0. The number of carbonyl (C=O) groups is 1. The van der Waals surface area contributed by atoms with E-state index in [-0.39, 0.29) is 19.1 Å². The summed E-state index contributed by atoms with van der Waals surface area (Å²) in [6.07, 6.45) is 90.1. The number of amides is 1. The smallest absolute Gasteiger partial charge is 0.391 e. The Balaban J connectivity index is 4.04. The molecule has 486 valence electrons. The van der Waals surface area contributed by atoms with Gasteiger partial charge >= 0.3 is 7.82 Å². The number of nitrogens with one attached hydrogen (secondary N) is 1. The van der Waals surface area contributed by atoms with Crippen molar-refractivity contribution in [3.63, 3.8) is 0 Å². The summed E-state index contributed by atoms with van der Waals surface area (Å²) in [4.78, 5) is 23.5. The van der Waals surface area contributed by atoms with E-state index in [0.717, 1.165) is 77.0 Å². The van der Waals surface area contributed by atoms with E-state index in [2.05, 4.69) is 92.1 Å². The number of phosphoric acid groups is 1. The number of unbranched alkanes of at least 4 members (excludes halogenated alkanes) is 41. The zero-order valence-corrected chi connectivity index (χ0v) is 56.6. The van der Waals surface area contributed by atoms with E-state index < -0.39 is 20.0 Å². The minimum atomic E-state index is -4.34. The third-order valence-corrected chi connectivity index (χ3v) is 17.2. The van der Waals surface area contributed by atoms with Gasteiger partial charge in [0.2, 0.25) is 5.91 Å². The van der Waals surface area contributed by atoms with E-state index in [0.29, 0.717) is 23.9 Å². The summed E-state index contributed by atoms with van der Waals surface area (Å²) in [6.45, 7) is 4.82. The third kappa shape index (κ3) is 67.3. The molecule has 0 aromatic rings. The molecule has 0 fully saturated rings. The van der Waals surface area contributed by atoms with Gasteiger partial charge in [-0.15, -0.1) is 0 Å². The van der Waals surface area contributed by atoms with Gasteiger partial charge in [0.1, 0.15) is 13.2 Å². The molecule has 0 heterocycles. The number of phosphoric ester groups is 1. The van der Waals surface area contributed by atoms with Crippen LogP contribution in [0.25, 0.3) is 0 Å². The van der Waals surface area contributed by atoms with Crippen molar-refractivity contribution in [2.24, 2.45) is 0 Å². The van der Waals surface area contributed by atoms with Crippen LogP contribution in [0.5, 0.6) is 0 Å². The molecule has 0 aromatic carbocycles. The Kier molecular flexibility index (Phi) is 62.8. The average molecular weight is 1180 g/mol. The molecule has 3 N–H and O–H groups in total. The molecule has 0 saturated heterocycles. The van der Waals surface area contributed by atoms with E-state index in [1.54, 1.807) is 0 Å². The lowest BCUT2D eigenvalue weighted by Crippen LogP contribution is -2.46. The first-order chi connectivity index (χ1) is 40.5. The number of quaternary nitrogens is 1. The first-order valence-corrected chi connectivity index (χ1v) is 37.3. The van der Waals surface area contributed by atoms with Crippen LogP contribution in [0.4, 0.5) is 0 Å². The van der Waals surface area contributed by atoms with Crippen LogP contribution < -0.4 is 5.32 Å². The van der Waals surface area contributed by atoms with Gasteiger partial charge in [-0.2, -0.15) is 0 Å². The maximum absolute atomic E-state index is 13.1. The maximum atomic E-state index is 13.1. The molecule has 8 nitrogen and oxygen atoms in total. The number of carbonyl (C=O) groups excluding carboxylic acids is 1. The van der Waals surface area contributed by atoms with Gasteiger partial charge in [-0.3, -0.25) is 13.8 Å². The Labute approximate surface area is 516 Å². The number of hydrogen-bond acceptors (Lipinski definition) is 5. The van der Waals surface area contributed by atoms with Gasteiger partial charge in [0.05, 0.1) is 39.9 Å². The topological polar surface area (TPSA) is 105 Å². The van der Waals surface area contributed by atoms with Crippen LogP contribution in [-0.4, -0.2) is 73.4 Å². The molecule has 0 saturated carbocycles. The van der Waals surface area contributed by atoms with Crippen molar-refractivity contribution >= 4 is 13.7 Å². The van der Waals surface area contributed by atoms with E-state index in [4.69, 9.17) is 9.05 Å². The van der Waals surface area contributed by atoms with Crippen LogP contribution in [0.3, 0.4) is 0 Å². The van der Waals surface area contributed by atoms with Crippen molar-refractivity contribution < 1.29 is 32.9 Å². The number of aliphatic hydroxyl groups excluding tert-OH is 1. The second-order valence-electron chi connectivity index (χ2n) is 25.6. The average Bonchev–Trinajstić information content (AvgIpc) is 3.49. The molecule has 0 aliphatic rings. The van der Waals surface area contributed by atoms with Crippen LogP contribution in [0.15, 0.2) is 72.9 Å². The molecule has 3 atom stereocenters. The summed E-state index contributed by atoms with van der Waals surface area (Å²) in [5, 5.41) is 14.2. The lowest BCUT2D eigenvalue weighted by Gasteiger charge is -2.26. The van der Waals surface area contributed by atoms with E-state index in [9.17, 15) is 19.4 Å². The first-order valence-electron chi connectivity index (χ1n) is 35.8. The molecule has 1 amide bonds. The van der Waals surface area contributed by atoms with Crippen molar-refractivity contribution in [1.29, 1.82) is 0 Å². The Bertz CT molecular complexity index is 1580. The van der Waals surface area contributed by atoms with Gasteiger partial charge in [-0.1, -0.05) is 344 Å². The first kappa shape index (κ1) is 80.9. The molecular weight excluding hydrogens is 1040 g/mol. The molecule has 0 spiro atoms. The molecule has 83 heavy (non-hydrogen) atoms. The molecule has 0 bridgehead atoms. The van der Waals surface area contributed by atoms with Crippen molar-refractivity contribution in [3.8, 4) is 0 Å². The van der Waals surface area contributed by atoms with Crippen LogP contribution in [0.1, 0.15) is 341 Å². The van der Waals surface area contributed by atoms with Gasteiger partial charge in [0.15, 0.2) is 0 Å². The van der Waals surface area contributed by atoms with Gasteiger partial charge in [0, 0.05) is 6.42 Å². The molecule has 0 aromatic heterocycles. The predicted molar refractivity (Wildman–Crippen MR) is 364 cm³/mol. The lowest BCUT2D eigenvalue weighted by molar-refractivity contribution is -0.870. The molecule has 0 aliphatic carbocycles. The second kappa shape index (κ2) is 64.4. The van der Waals surface area contributed by atoms with Gasteiger partial charge < -0.3 is 19.8 Å². The number of nitrogens with zero attached hydrogens (tertiary/aromatic N) is 1. The second-order valence-corrected chi connectivity index (χ2v) is 27.0. The van der Waals surface area contributed by atoms with Crippen LogP contribution in [-0.2, 0) is 18.4 Å². The fourth-order valence-corrected chi connectivity index (χ4v) is 11.4. The molecule has 0 aliphatic heterocycles. The molecule has 0 rings (SSSR count). The summed E-state index contributed by atoms with van der Waals surface area (Å²) in [5.74, 6) is -0.144. The Hall–Kier alpha value is -2.06. The molecule has 9 heteroatoms. The Morgan fingerprint density at radius 2 is 0.723 bits per heavy atom. The SMILES string of the molecule is CC/C=C\C/C=C\C/C=C\C/C=C\C/C=C\C/C=C\CCCCCCCCCCCCCCC(=O)NC(COP(=O)(O)OCC[N+](C)(C)C)C(O)CCCCCCCCCCCCCCCCCCCCCCCCCCCCCCCC. The summed E-state index contributed by atoms with van der Waals surface area (Å²) < 4.78 is 23.9. The zero-order chi connectivity index (χ0) is 60.5. The highest BCUT2D eigenvalue weighted by molar-refractivity contribution is 7.47.